The summed E-state index contributed by atoms with van der Waals surface area (Å²) >= 11 is 1.69. The summed E-state index contributed by atoms with van der Waals surface area (Å²) in [6.07, 6.45) is 3.48. The zero-order chi connectivity index (χ0) is 20.5. The van der Waals surface area contributed by atoms with E-state index in [4.69, 9.17) is 4.74 Å². The van der Waals surface area contributed by atoms with Gasteiger partial charge in [-0.3, -0.25) is 9.58 Å². The summed E-state index contributed by atoms with van der Waals surface area (Å²) in [5.74, 6) is -0.335. The van der Waals surface area contributed by atoms with Crippen molar-refractivity contribution in [2.24, 2.45) is 7.05 Å². The first kappa shape index (κ1) is 19.8. The summed E-state index contributed by atoms with van der Waals surface area (Å²) in [6.45, 7) is 9.74. The highest BCUT2D eigenvalue weighted by molar-refractivity contribution is 7.09. The Morgan fingerprint density at radius 2 is 2.03 bits per heavy atom. The van der Waals surface area contributed by atoms with E-state index in [9.17, 15) is 4.79 Å². The van der Waals surface area contributed by atoms with Gasteiger partial charge in [-0.05, 0) is 20.8 Å². The van der Waals surface area contributed by atoms with Gasteiger partial charge in [-0.1, -0.05) is 0 Å². The molecule has 4 rings (SSSR count). The van der Waals surface area contributed by atoms with Gasteiger partial charge < -0.3 is 9.64 Å². The molecule has 0 bridgehead atoms. The molecule has 0 aromatic carbocycles. The zero-order valence-corrected chi connectivity index (χ0v) is 18.1. The molecule has 0 saturated carbocycles. The standard InChI is InChI=1S/C20H26N6O2S/c1-5-28-20(27)15-12-22-18-16(13(2)23-24(18)4)17(15)26-9-7-25(8-10-26)14(3)19-21-6-11-29-19/h6,11-12,14H,5,7-10H2,1-4H3. The minimum atomic E-state index is -0.335. The molecule has 1 unspecified atom stereocenters. The molecule has 0 amide bonds. The molecule has 1 aliphatic heterocycles. The second kappa shape index (κ2) is 8.08. The smallest absolute Gasteiger partial charge is 0.341 e. The summed E-state index contributed by atoms with van der Waals surface area (Å²) in [5.41, 5.74) is 3.05. The molecule has 29 heavy (non-hydrogen) atoms. The lowest BCUT2D eigenvalue weighted by molar-refractivity contribution is 0.0526. The molecule has 3 aromatic heterocycles. The highest BCUT2D eigenvalue weighted by Crippen LogP contribution is 2.34. The van der Waals surface area contributed by atoms with Gasteiger partial charge in [0.05, 0.1) is 29.4 Å². The molecular formula is C20H26N6O2S. The van der Waals surface area contributed by atoms with E-state index < -0.39 is 0 Å². The molecule has 8 nitrogen and oxygen atoms in total. The van der Waals surface area contributed by atoms with Crippen molar-refractivity contribution >= 4 is 34.0 Å². The number of thiazole rings is 1. The van der Waals surface area contributed by atoms with Crippen LogP contribution >= 0.6 is 11.3 Å². The van der Waals surface area contributed by atoms with Crippen molar-refractivity contribution in [2.75, 3.05) is 37.7 Å². The van der Waals surface area contributed by atoms with E-state index in [2.05, 4.69) is 31.8 Å². The van der Waals surface area contributed by atoms with E-state index in [0.717, 1.165) is 53.6 Å². The SMILES string of the molecule is CCOC(=O)c1cnc2c(c(C)nn2C)c1N1CCN(C(C)c2nccs2)CC1. The van der Waals surface area contributed by atoms with Crippen LogP contribution in [-0.2, 0) is 11.8 Å². The third kappa shape index (κ3) is 3.60. The lowest BCUT2D eigenvalue weighted by Gasteiger charge is -2.39. The van der Waals surface area contributed by atoms with Crippen LogP contribution in [0.3, 0.4) is 0 Å². The Bertz CT molecular complexity index is 1010. The Labute approximate surface area is 174 Å². The van der Waals surface area contributed by atoms with Crippen LogP contribution in [0.25, 0.3) is 11.0 Å². The maximum Gasteiger partial charge on any atom is 0.341 e. The van der Waals surface area contributed by atoms with Gasteiger partial charge in [-0.2, -0.15) is 5.10 Å². The predicted octanol–water partition coefficient (Wildman–Crippen LogP) is 2.79. The first-order valence-electron chi connectivity index (χ1n) is 9.89. The maximum absolute atomic E-state index is 12.7. The fourth-order valence-electron chi connectivity index (χ4n) is 4.01. The minimum absolute atomic E-state index is 0.291. The second-order valence-electron chi connectivity index (χ2n) is 7.22. The quantitative estimate of drug-likeness (QED) is 0.594. The number of piperazine rings is 1. The number of hydrogen-bond donors (Lipinski definition) is 0. The van der Waals surface area contributed by atoms with Crippen LogP contribution < -0.4 is 4.90 Å². The number of fused-ring (bicyclic) bond motifs is 1. The van der Waals surface area contributed by atoms with Gasteiger partial charge in [-0.25, -0.2) is 14.8 Å². The van der Waals surface area contributed by atoms with Crippen molar-refractivity contribution in [1.82, 2.24) is 24.6 Å². The number of carbonyl (C=O) groups is 1. The fourth-order valence-corrected chi connectivity index (χ4v) is 4.74. The van der Waals surface area contributed by atoms with Crippen LogP contribution in [0.15, 0.2) is 17.8 Å². The normalized spacial score (nSPS) is 16.3. The lowest BCUT2D eigenvalue weighted by atomic mass is 10.1. The number of esters is 1. The predicted molar refractivity (Wildman–Crippen MR) is 114 cm³/mol. The molecule has 0 radical (unpaired) electrons. The maximum atomic E-state index is 12.7. The number of carbonyl (C=O) groups excluding carboxylic acids is 1. The second-order valence-corrected chi connectivity index (χ2v) is 8.14. The molecule has 0 aliphatic carbocycles. The van der Waals surface area contributed by atoms with Crippen LogP contribution in [0.1, 0.15) is 40.9 Å². The van der Waals surface area contributed by atoms with Crippen LogP contribution in [0.4, 0.5) is 5.69 Å². The van der Waals surface area contributed by atoms with E-state index in [0.29, 0.717) is 18.2 Å². The van der Waals surface area contributed by atoms with E-state index >= 15 is 0 Å². The lowest BCUT2D eigenvalue weighted by Crippen LogP contribution is -2.47. The fraction of sp³-hybridized carbons (Fsp3) is 0.500. The van der Waals surface area contributed by atoms with Crippen molar-refractivity contribution in [1.29, 1.82) is 0 Å². The summed E-state index contributed by atoms with van der Waals surface area (Å²) in [5, 5.41) is 8.62. The number of ether oxygens (including phenoxy) is 1. The highest BCUT2D eigenvalue weighted by atomic mass is 32.1. The van der Waals surface area contributed by atoms with E-state index in [1.165, 1.54) is 0 Å². The van der Waals surface area contributed by atoms with Gasteiger partial charge in [0.25, 0.3) is 0 Å². The Balaban J connectivity index is 1.66. The van der Waals surface area contributed by atoms with Gasteiger partial charge in [-0.15, -0.1) is 11.3 Å². The Hall–Kier alpha value is -2.52. The summed E-state index contributed by atoms with van der Waals surface area (Å²) < 4.78 is 7.08. The molecule has 3 aromatic rings. The number of aromatic nitrogens is 4. The number of anilines is 1. The minimum Gasteiger partial charge on any atom is -0.462 e. The summed E-state index contributed by atoms with van der Waals surface area (Å²) in [4.78, 5) is 26.3. The first-order chi connectivity index (χ1) is 14.0. The molecule has 9 heteroatoms. The Morgan fingerprint density at radius 1 is 1.28 bits per heavy atom. The third-order valence-electron chi connectivity index (χ3n) is 5.48. The van der Waals surface area contributed by atoms with Gasteiger partial charge in [0.1, 0.15) is 10.6 Å². The number of pyridine rings is 1. The first-order valence-corrected chi connectivity index (χ1v) is 10.8. The van der Waals surface area contributed by atoms with Crippen LogP contribution in [0.2, 0.25) is 0 Å². The van der Waals surface area contributed by atoms with Gasteiger partial charge in [0, 0.05) is 51.0 Å². The van der Waals surface area contributed by atoms with Crippen molar-refractivity contribution < 1.29 is 9.53 Å². The topological polar surface area (TPSA) is 76.4 Å². The average molecular weight is 415 g/mol. The molecule has 1 fully saturated rings. The molecule has 0 spiro atoms. The van der Waals surface area contributed by atoms with Crippen molar-refractivity contribution in [3.8, 4) is 0 Å². The Kier molecular flexibility index (Phi) is 5.51. The molecule has 1 atom stereocenters. The van der Waals surface area contributed by atoms with E-state index in [1.54, 1.807) is 22.2 Å². The number of rotatable bonds is 5. The molecule has 4 heterocycles. The average Bonchev–Trinajstić information content (AvgIpc) is 3.36. The number of hydrogen-bond acceptors (Lipinski definition) is 8. The van der Waals surface area contributed by atoms with E-state index in [-0.39, 0.29) is 5.97 Å². The molecule has 1 saturated heterocycles. The monoisotopic (exact) mass is 414 g/mol. The van der Waals surface area contributed by atoms with Crippen molar-refractivity contribution in [3.63, 3.8) is 0 Å². The molecule has 154 valence electrons. The third-order valence-corrected chi connectivity index (χ3v) is 6.43. The van der Waals surface area contributed by atoms with Gasteiger partial charge in [0.15, 0.2) is 5.65 Å². The molecule has 0 N–H and O–H groups in total. The van der Waals surface area contributed by atoms with Crippen LogP contribution in [0, 0.1) is 6.92 Å². The van der Waals surface area contributed by atoms with Crippen LogP contribution in [0.5, 0.6) is 0 Å². The largest absolute Gasteiger partial charge is 0.462 e. The van der Waals surface area contributed by atoms with Crippen molar-refractivity contribution in [3.05, 3.63) is 34.0 Å². The molecule has 1 aliphatic rings. The van der Waals surface area contributed by atoms with Crippen LogP contribution in [-0.4, -0.2) is 63.4 Å². The number of aryl methyl sites for hydroxylation is 2. The van der Waals surface area contributed by atoms with E-state index in [1.807, 2.05) is 32.5 Å². The number of nitrogens with zero attached hydrogens (tertiary/aromatic N) is 6. The Morgan fingerprint density at radius 3 is 2.69 bits per heavy atom. The molecular weight excluding hydrogens is 388 g/mol. The zero-order valence-electron chi connectivity index (χ0n) is 17.3. The van der Waals surface area contributed by atoms with Gasteiger partial charge in [0.2, 0.25) is 0 Å². The summed E-state index contributed by atoms with van der Waals surface area (Å²) in [6, 6.07) is 0.291. The van der Waals surface area contributed by atoms with Crippen molar-refractivity contribution in [2.45, 2.75) is 26.8 Å². The van der Waals surface area contributed by atoms with Gasteiger partial charge >= 0.3 is 5.97 Å². The highest BCUT2D eigenvalue weighted by Gasteiger charge is 2.29. The summed E-state index contributed by atoms with van der Waals surface area (Å²) in [7, 11) is 1.88.